The maximum absolute atomic E-state index is 9.95. The van der Waals surface area contributed by atoms with E-state index in [0.717, 1.165) is 12.0 Å². The molecule has 0 bridgehead atoms. The van der Waals surface area contributed by atoms with E-state index in [1.165, 1.54) is 22.3 Å². The molecular weight excluding hydrogens is 208 g/mol. The molecule has 2 aromatic rings. The summed E-state index contributed by atoms with van der Waals surface area (Å²) in [5, 5.41) is 9.95. The molecule has 1 heteroatoms. The highest BCUT2D eigenvalue weighted by molar-refractivity contribution is 5.78. The fraction of sp³-hybridized carbons (Fsp3) is 0.125. The lowest BCUT2D eigenvalue weighted by Gasteiger charge is -2.11. The largest absolute Gasteiger partial charge is 0.384 e. The average molecular weight is 222 g/mol. The number of aliphatic hydroxyl groups is 1. The van der Waals surface area contributed by atoms with Crippen molar-refractivity contribution in [3.8, 4) is 11.1 Å². The van der Waals surface area contributed by atoms with Gasteiger partial charge in [0.05, 0.1) is 6.10 Å². The summed E-state index contributed by atoms with van der Waals surface area (Å²) in [6, 6.07) is 14.5. The van der Waals surface area contributed by atoms with E-state index >= 15 is 0 Å². The predicted octanol–water partition coefficient (Wildman–Crippen LogP) is 3.48. The van der Waals surface area contributed by atoms with Crippen LogP contribution in [0.3, 0.4) is 0 Å². The molecule has 0 fully saturated rings. The normalized spacial score (nSPS) is 13.9. The Hall–Kier alpha value is -1.86. The van der Waals surface area contributed by atoms with E-state index in [-0.39, 0.29) is 0 Å². The minimum absolute atomic E-state index is 0.570. The van der Waals surface area contributed by atoms with Crippen LogP contribution in [0.25, 0.3) is 11.1 Å². The van der Waals surface area contributed by atoms with Crippen LogP contribution < -0.4 is 0 Å². The van der Waals surface area contributed by atoms with Crippen LogP contribution in [0.15, 0.2) is 55.1 Å². The van der Waals surface area contributed by atoms with Crippen LogP contribution in [-0.2, 0) is 6.42 Å². The van der Waals surface area contributed by atoms with E-state index in [2.05, 4.69) is 36.9 Å². The first-order valence-corrected chi connectivity index (χ1v) is 5.82. The van der Waals surface area contributed by atoms with Gasteiger partial charge in [0.15, 0.2) is 0 Å². The molecule has 0 aromatic heterocycles. The molecule has 0 saturated heterocycles. The number of fused-ring (bicyclic) bond motifs is 3. The maximum Gasteiger partial charge on any atom is 0.0972 e. The number of hydrogen-bond acceptors (Lipinski definition) is 1. The van der Waals surface area contributed by atoms with E-state index in [0.29, 0.717) is 0 Å². The zero-order chi connectivity index (χ0) is 11.8. The molecule has 17 heavy (non-hydrogen) atoms. The number of benzene rings is 2. The smallest absolute Gasteiger partial charge is 0.0972 e. The van der Waals surface area contributed by atoms with Gasteiger partial charge in [0.1, 0.15) is 0 Å². The van der Waals surface area contributed by atoms with Gasteiger partial charge in [-0.2, -0.15) is 0 Å². The molecule has 1 unspecified atom stereocenters. The summed E-state index contributed by atoms with van der Waals surface area (Å²) in [6.45, 7) is 3.66. The SMILES string of the molecule is C=CC(O)c1cccc2c1Cc1ccccc1-2. The van der Waals surface area contributed by atoms with E-state index in [4.69, 9.17) is 0 Å². The Balaban J connectivity index is 2.20. The van der Waals surface area contributed by atoms with Gasteiger partial charge in [-0.15, -0.1) is 6.58 Å². The molecule has 1 aliphatic carbocycles. The molecule has 3 rings (SSSR count). The van der Waals surface area contributed by atoms with Gasteiger partial charge in [-0.1, -0.05) is 48.5 Å². The minimum atomic E-state index is -0.570. The molecule has 0 aliphatic heterocycles. The van der Waals surface area contributed by atoms with Gasteiger partial charge in [0, 0.05) is 0 Å². The molecule has 0 radical (unpaired) electrons. The second kappa shape index (κ2) is 3.86. The second-order valence-corrected chi connectivity index (χ2v) is 4.39. The molecule has 1 aliphatic rings. The van der Waals surface area contributed by atoms with Gasteiger partial charge in [0.25, 0.3) is 0 Å². The van der Waals surface area contributed by atoms with Crippen molar-refractivity contribution in [3.05, 3.63) is 71.8 Å². The standard InChI is InChI=1S/C16H14O/c1-2-16(17)14-9-5-8-13-12-7-4-3-6-11(12)10-15(13)14/h2-9,16-17H,1,10H2. The van der Waals surface area contributed by atoms with Crippen molar-refractivity contribution in [1.29, 1.82) is 0 Å². The van der Waals surface area contributed by atoms with Crippen molar-refractivity contribution in [1.82, 2.24) is 0 Å². The topological polar surface area (TPSA) is 20.2 Å². The summed E-state index contributed by atoms with van der Waals surface area (Å²) < 4.78 is 0. The quantitative estimate of drug-likeness (QED) is 0.658. The Labute approximate surface area is 101 Å². The molecule has 84 valence electrons. The van der Waals surface area contributed by atoms with Crippen LogP contribution in [0, 0.1) is 0 Å². The third-order valence-corrected chi connectivity index (χ3v) is 3.43. The predicted molar refractivity (Wildman–Crippen MR) is 69.8 cm³/mol. The molecule has 1 atom stereocenters. The minimum Gasteiger partial charge on any atom is -0.384 e. The molecule has 0 amide bonds. The summed E-state index contributed by atoms with van der Waals surface area (Å²) in [5.41, 5.74) is 6.10. The van der Waals surface area contributed by atoms with Crippen LogP contribution >= 0.6 is 0 Å². The third kappa shape index (κ3) is 1.51. The highest BCUT2D eigenvalue weighted by atomic mass is 16.3. The van der Waals surface area contributed by atoms with Crippen LogP contribution in [-0.4, -0.2) is 5.11 Å². The van der Waals surface area contributed by atoms with Crippen molar-refractivity contribution in [2.75, 3.05) is 0 Å². The average Bonchev–Trinajstić information content (AvgIpc) is 2.76. The molecule has 2 aromatic carbocycles. The Morgan fingerprint density at radius 1 is 1.06 bits per heavy atom. The molecule has 0 saturated carbocycles. The molecular formula is C16H14O. The highest BCUT2D eigenvalue weighted by Crippen LogP contribution is 2.39. The van der Waals surface area contributed by atoms with Crippen molar-refractivity contribution in [2.24, 2.45) is 0 Å². The van der Waals surface area contributed by atoms with Crippen LogP contribution in [0.2, 0.25) is 0 Å². The first kappa shape index (κ1) is 10.3. The van der Waals surface area contributed by atoms with Gasteiger partial charge >= 0.3 is 0 Å². The fourth-order valence-corrected chi connectivity index (χ4v) is 2.59. The van der Waals surface area contributed by atoms with Gasteiger partial charge in [-0.25, -0.2) is 0 Å². The summed E-state index contributed by atoms with van der Waals surface area (Å²) in [7, 11) is 0. The van der Waals surface area contributed by atoms with Crippen LogP contribution in [0.4, 0.5) is 0 Å². The summed E-state index contributed by atoms with van der Waals surface area (Å²) >= 11 is 0. The zero-order valence-electron chi connectivity index (χ0n) is 9.56. The van der Waals surface area contributed by atoms with E-state index < -0.39 is 6.10 Å². The van der Waals surface area contributed by atoms with Gasteiger partial charge in [0.2, 0.25) is 0 Å². The van der Waals surface area contributed by atoms with Gasteiger partial charge < -0.3 is 5.11 Å². The van der Waals surface area contributed by atoms with E-state index in [1.807, 2.05) is 12.1 Å². The Bertz CT molecular complexity index is 584. The summed E-state index contributed by atoms with van der Waals surface area (Å²) in [5.74, 6) is 0. The molecule has 0 heterocycles. The van der Waals surface area contributed by atoms with E-state index in [1.54, 1.807) is 6.08 Å². The fourth-order valence-electron chi connectivity index (χ4n) is 2.59. The van der Waals surface area contributed by atoms with Crippen LogP contribution in [0.1, 0.15) is 22.8 Å². The van der Waals surface area contributed by atoms with Crippen molar-refractivity contribution >= 4 is 0 Å². The first-order valence-electron chi connectivity index (χ1n) is 5.82. The lowest BCUT2D eigenvalue weighted by molar-refractivity contribution is 0.228. The number of aliphatic hydroxyl groups excluding tert-OH is 1. The summed E-state index contributed by atoms with van der Waals surface area (Å²) in [4.78, 5) is 0. The third-order valence-electron chi connectivity index (χ3n) is 3.43. The first-order chi connectivity index (χ1) is 8.31. The lowest BCUT2D eigenvalue weighted by Crippen LogP contribution is -1.98. The second-order valence-electron chi connectivity index (χ2n) is 4.39. The Morgan fingerprint density at radius 3 is 2.65 bits per heavy atom. The zero-order valence-corrected chi connectivity index (χ0v) is 9.56. The van der Waals surface area contributed by atoms with Crippen molar-refractivity contribution in [2.45, 2.75) is 12.5 Å². The summed E-state index contributed by atoms with van der Waals surface area (Å²) in [6.07, 6.45) is 1.92. The van der Waals surface area contributed by atoms with Gasteiger partial charge in [-0.3, -0.25) is 0 Å². The Kier molecular flexibility index (Phi) is 2.34. The number of hydrogen-bond donors (Lipinski definition) is 1. The van der Waals surface area contributed by atoms with Crippen molar-refractivity contribution in [3.63, 3.8) is 0 Å². The highest BCUT2D eigenvalue weighted by Gasteiger charge is 2.21. The molecule has 0 spiro atoms. The molecule has 1 nitrogen and oxygen atoms in total. The number of rotatable bonds is 2. The van der Waals surface area contributed by atoms with Gasteiger partial charge in [-0.05, 0) is 34.2 Å². The Morgan fingerprint density at radius 2 is 1.82 bits per heavy atom. The lowest BCUT2D eigenvalue weighted by atomic mass is 9.97. The van der Waals surface area contributed by atoms with Crippen molar-refractivity contribution < 1.29 is 5.11 Å². The molecule has 1 N–H and O–H groups in total. The maximum atomic E-state index is 9.95. The monoisotopic (exact) mass is 222 g/mol. The van der Waals surface area contributed by atoms with Crippen LogP contribution in [0.5, 0.6) is 0 Å². The van der Waals surface area contributed by atoms with E-state index in [9.17, 15) is 5.11 Å².